The highest BCUT2D eigenvalue weighted by Crippen LogP contribution is 2.33. The van der Waals surface area contributed by atoms with Gasteiger partial charge in [0, 0.05) is 6.42 Å². The van der Waals surface area contributed by atoms with E-state index in [2.05, 4.69) is 116 Å². The SMILES string of the molecule is CC/C=C\C/C=C\C/C=C\C/C=C\C/C=C\C/C=C\CCCCCCCCCCCCCCCCCCC(=O)NC(COC1OC(CO)C(OC2OC(CO)C(OC3OC(CO)C(O)C(O)C3O)C(O)C2O)C(O)C1O)C(O)/C=C/CC/C=C/CC/C=C/CCCCCC. The lowest BCUT2D eigenvalue weighted by Crippen LogP contribution is -2.66. The van der Waals surface area contributed by atoms with Crippen LogP contribution >= 0.6 is 0 Å². The maximum atomic E-state index is 13.4. The number of nitrogens with one attached hydrogen (secondary N) is 1. The maximum absolute atomic E-state index is 13.4. The Bertz CT molecular complexity index is 2130. The summed E-state index contributed by atoms with van der Waals surface area (Å²) >= 11 is 0. The summed E-state index contributed by atoms with van der Waals surface area (Å²) in [6.07, 6.45) is 48.0. The van der Waals surface area contributed by atoms with E-state index in [4.69, 9.17) is 28.4 Å². The number of carbonyl (C=O) groups excluding carboxylic acids is 1. The lowest BCUT2D eigenvalue weighted by Gasteiger charge is -2.48. The number of carbonyl (C=O) groups is 1. The molecule has 12 N–H and O–H groups in total. The van der Waals surface area contributed by atoms with Crippen LogP contribution in [0.1, 0.15) is 226 Å². The van der Waals surface area contributed by atoms with E-state index in [9.17, 15) is 61.0 Å². The number of unbranched alkanes of at least 4 members (excludes halogenated alkanes) is 22. The van der Waals surface area contributed by atoms with Crippen molar-refractivity contribution in [2.75, 3.05) is 26.4 Å². The molecule has 19 nitrogen and oxygen atoms in total. The molecule has 3 fully saturated rings. The molecule has 3 heterocycles. The van der Waals surface area contributed by atoms with E-state index in [1.54, 1.807) is 6.08 Å². The Morgan fingerprint density at radius 3 is 1.19 bits per heavy atom. The number of hydrogen-bond acceptors (Lipinski definition) is 18. The molecular formula is C75H127NO18. The fraction of sp³-hybridized carbons (Fsp3) is 0.747. The summed E-state index contributed by atoms with van der Waals surface area (Å²) in [6.45, 7) is 1.55. The molecule has 17 atom stereocenters. The van der Waals surface area contributed by atoms with Gasteiger partial charge in [0.15, 0.2) is 18.9 Å². The molecule has 94 heavy (non-hydrogen) atoms. The monoisotopic (exact) mass is 1330 g/mol. The van der Waals surface area contributed by atoms with Gasteiger partial charge in [0.2, 0.25) is 5.91 Å². The van der Waals surface area contributed by atoms with E-state index in [1.165, 1.54) is 109 Å². The van der Waals surface area contributed by atoms with Crippen LogP contribution < -0.4 is 5.32 Å². The topological polar surface area (TPSA) is 307 Å². The number of hydrogen-bond donors (Lipinski definition) is 12. The predicted molar refractivity (Wildman–Crippen MR) is 369 cm³/mol. The summed E-state index contributed by atoms with van der Waals surface area (Å²) in [5, 5.41) is 120. The fourth-order valence-electron chi connectivity index (χ4n) is 11.5. The third-order valence-electron chi connectivity index (χ3n) is 17.3. The quantitative estimate of drug-likeness (QED) is 0.0199. The Morgan fingerprint density at radius 2 is 0.745 bits per heavy atom. The van der Waals surface area contributed by atoms with E-state index < -0.39 is 124 Å². The fourth-order valence-corrected chi connectivity index (χ4v) is 11.5. The number of allylic oxidation sites excluding steroid dienone is 17. The van der Waals surface area contributed by atoms with Crippen LogP contribution in [0.3, 0.4) is 0 Å². The van der Waals surface area contributed by atoms with Gasteiger partial charge in [0.1, 0.15) is 73.2 Å². The van der Waals surface area contributed by atoms with Gasteiger partial charge < -0.3 is 89.9 Å². The van der Waals surface area contributed by atoms with Gasteiger partial charge in [-0.2, -0.15) is 0 Å². The van der Waals surface area contributed by atoms with E-state index in [1.807, 2.05) is 6.08 Å². The van der Waals surface area contributed by atoms with Crippen LogP contribution in [-0.2, 0) is 33.2 Å². The minimum Gasteiger partial charge on any atom is -0.394 e. The highest BCUT2D eigenvalue weighted by molar-refractivity contribution is 5.76. The third-order valence-corrected chi connectivity index (χ3v) is 17.3. The van der Waals surface area contributed by atoms with Crippen molar-refractivity contribution >= 4 is 5.91 Å². The Hall–Kier alpha value is -3.55. The van der Waals surface area contributed by atoms with Gasteiger partial charge in [-0.1, -0.05) is 232 Å². The lowest BCUT2D eigenvalue weighted by molar-refractivity contribution is -0.379. The molecule has 0 aromatic heterocycles. The lowest BCUT2D eigenvalue weighted by atomic mass is 9.96. The molecule has 0 bridgehead atoms. The Labute approximate surface area is 564 Å². The van der Waals surface area contributed by atoms with Crippen LogP contribution in [0.2, 0.25) is 0 Å². The van der Waals surface area contributed by atoms with Gasteiger partial charge in [-0.25, -0.2) is 0 Å². The van der Waals surface area contributed by atoms with Crippen LogP contribution in [0.15, 0.2) is 109 Å². The van der Waals surface area contributed by atoms with Crippen LogP contribution in [0.25, 0.3) is 0 Å². The summed E-state index contributed by atoms with van der Waals surface area (Å²) in [4.78, 5) is 13.4. The minimum atomic E-state index is -1.99. The predicted octanol–water partition coefficient (Wildman–Crippen LogP) is 10.2. The molecule has 3 saturated heterocycles. The maximum Gasteiger partial charge on any atom is 0.220 e. The van der Waals surface area contributed by atoms with Crippen molar-refractivity contribution < 1.29 is 89.4 Å². The standard InChI is InChI=1S/C75H127NO18/c1-3-5-7-9-11-13-15-17-19-20-21-22-23-24-25-26-27-28-29-30-31-32-33-34-35-36-37-38-39-41-43-45-47-49-51-53-63(81)76-58(59(80)52-50-48-46-44-42-40-18-16-14-12-10-8-6-4-2)57-89-73-69(87)66(84)71(61(55-78)91-73)94-75-70(88)67(85)72(62(56-79)92-75)93-74-68(86)65(83)64(82)60(54-77)90-74/h5,7,11,13-14,16-17,19,21-22,24-25,27-28,42,44,50,52,58-62,64-75,77-80,82-88H,3-4,6,8-10,12,15,18,20,23,26,29-41,43,45-49,51,53-57H2,1-2H3,(H,76,81)/b7-5-,13-11-,16-14+,19-17-,22-21-,25-24-,28-27-,44-42+,52-50+. The smallest absolute Gasteiger partial charge is 0.220 e. The molecule has 0 saturated carbocycles. The van der Waals surface area contributed by atoms with Gasteiger partial charge in [0.05, 0.1) is 38.6 Å². The van der Waals surface area contributed by atoms with Crippen LogP contribution in [0.5, 0.6) is 0 Å². The summed E-state index contributed by atoms with van der Waals surface area (Å²) in [5.41, 5.74) is 0. The molecule has 0 aliphatic carbocycles. The molecule has 3 aliphatic heterocycles. The molecule has 0 aromatic rings. The first-order valence-electron chi connectivity index (χ1n) is 36.1. The average molecular weight is 1330 g/mol. The van der Waals surface area contributed by atoms with Crippen molar-refractivity contribution in [3.8, 4) is 0 Å². The van der Waals surface area contributed by atoms with Crippen molar-refractivity contribution in [3.63, 3.8) is 0 Å². The molecule has 17 unspecified atom stereocenters. The van der Waals surface area contributed by atoms with Gasteiger partial charge >= 0.3 is 0 Å². The van der Waals surface area contributed by atoms with Crippen LogP contribution in [0.4, 0.5) is 0 Å². The van der Waals surface area contributed by atoms with Crippen molar-refractivity contribution in [1.82, 2.24) is 5.32 Å². The first-order valence-corrected chi connectivity index (χ1v) is 36.1. The zero-order valence-corrected chi connectivity index (χ0v) is 57.1. The molecule has 3 aliphatic rings. The summed E-state index contributed by atoms with van der Waals surface area (Å²) < 4.78 is 34.3. The first kappa shape index (κ1) is 84.7. The van der Waals surface area contributed by atoms with Gasteiger partial charge in [-0.05, 0) is 96.3 Å². The van der Waals surface area contributed by atoms with Gasteiger partial charge in [0.25, 0.3) is 0 Å². The second-order valence-electron chi connectivity index (χ2n) is 25.3. The Balaban J connectivity index is 1.36. The van der Waals surface area contributed by atoms with E-state index in [-0.39, 0.29) is 18.9 Å². The van der Waals surface area contributed by atoms with Crippen LogP contribution in [-0.4, -0.2) is 193 Å². The van der Waals surface area contributed by atoms with Crippen molar-refractivity contribution in [1.29, 1.82) is 0 Å². The van der Waals surface area contributed by atoms with Crippen molar-refractivity contribution in [2.45, 2.75) is 330 Å². The third kappa shape index (κ3) is 36.3. The number of aliphatic hydroxyl groups is 11. The number of rotatable bonds is 54. The second-order valence-corrected chi connectivity index (χ2v) is 25.3. The number of amides is 1. The van der Waals surface area contributed by atoms with Gasteiger partial charge in [-0.3, -0.25) is 4.79 Å². The number of aliphatic hydroxyl groups excluding tert-OH is 11. The minimum absolute atomic E-state index is 0.227. The second kappa shape index (κ2) is 55.3. The molecule has 0 spiro atoms. The zero-order valence-electron chi connectivity index (χ0n) is 57.1. The van der Waals surface area contributed by atoms with Crippen LogP contribution in [0, 0.1) is 0 Å². The highest BCUT2D eigenvalue weighted by Gasteiger charge is 2.53. The Kier molecular flexibility index (Phi) is 49.9. The molecule has 0 aromatic carbocycles. The molecule has 19 heteroatoms. The van der Waals surface area contributed by atoms with Gasteiger partial charge in [-0.15, -0.1) is 0 Å². The summed E-state index contributed by atoms with van der Waals surface area (Å²) in [6, 6.07) is -1.00. The van der Waals surface area contributed by atoms with E-state index >= 15 is 0 Å². The van der Waals surface area contributed by atoms with E-state index in [0.717, 1.165) is 83.5 Å². The molecule has 0 radical (unpaired) electrons. The average Bonchev–Trinajstić information content (AvgIpc) is 0.792. The largest absolute Gasteiger partial charge is 0.394 e. The molecule has 3 rings (SSSR count). The Morgan fingerprint density at radius 1 is 0.394 bits per heavy atom. The highest BCUT2D eigenvalue weighted by atomic mass is 16.8. The number of ether oxygens (including phenoxy) is 6. The first-order chi connectivity index (χ1) is 45.8. The molecular weight excluding hydrogens is 1200 g/mol. The normalized spacial score (nSPS) is 28.0. The van der Waals surface area contributed by atoms with Crippen molar-refractivity contribution in [3.05, 3.63) is 109 Å². The zero-order chi connectivity index (χ0) is 68.2. The summed E-state index contributed by atoms with van der Waals surface area (Å²) in [7, 11) is 0. The van der Waals surface area contributed by atoms with Crippen molar-refractivity contribution in [2.24, 2.45) is 0 Å². The van der Waals surface area contributed by atoms with E-state index in [0.29, 0.717) is 12.8 Å². The summed E-state index contributed by atoms with van der Waals surface area (Å²) in [5.74, 6) is -0.294. The molecule has 1 amide bonds. The molecule has 540 valence electrons.